The van der Waals surface area contributed by atoms with Gasteiger partial charge < -0.3 is 15.5 Å². The smallest absolute Gasteiger partial charge is 0.165 e. The van der Waals surface area contributed by atoms with E-state index in [-0.39, 0.29) is 17.9 Å². The van der Waals surface area contributed by atoms with Gasteiger partial charge in [0.25, 0.3) is 0 Å². The van der Waals surface area contributed by atoms with E-state index in [1.165, 1.54) is 0 Å². The minimum absolute atomic E-state index is 0.0830. The third-order valence-electron chi connectivity index (χ3n) is 3.36. The first-order chi connectivity index (χ1) is 10.8. The van der Waals surface area contributed by atoms with E-state index in [2.05, 4.69) is 9.97 Å². The lowest BCUT2D eigenvalue weighted by Gasteiger charge is -2.19. The third kappa shape index (κ3) is 3.17. The van der Waals surface area contributed by atoms with Gasteiger partial charge in [-0.2, -0.15) is 0 Å². The first-order valence-corrected chi connectivity index (χ1v) is 7.18. The fraction of sp³-hybridized carbons (Fsp3) is 0.235. The zero-order valence-corrected chi connectivity index (χ0v) is 12.9. The Morgan fingerprint density at radius 3 is 2.74 bits per heavy atom. The molecule has 0 radical (unpaired) electrons. The summed E-state index contributed by atoms with van der Waals surface area (Å²) >= 11 is 0. The van der Waals surface area contributed by atoms with E-state index in [4.69, 9.17) is 10.5 Å². The molecule has 0 aliphatic carbocycles. The summed E-state index contributed by atoms with van der Waals surface area (Å²) in [5.41, 5.74) is 6.48. The Morgan fingerprint density at radius 1 is 1.22 bits per heavy atom. The lowest BCUT2D eigenvalue weighted by atomic mass is 10.0. The van der Waals surface area contributed by atoms with Crippen molar-refractivity contribution in [3.05, 3.63) is 48.3 Å². The van der Waals surface area contributed by atoms with Crippen molar-refractivity contribution >= 4 is 11.0 Å². The summed E-state index contributed by atoms with van der Waals surface area (Å²) < 4.78 is 33.9. The highest BCUT2D eigenvalue weighted by atomic mass is 19.1. The fourth-order valence-corrected chi connectivity index (χ4v) is 2.29. The van der Waals surface area contributed by atoms with Gasteiger partial charge in [-0.15, -0.1) is 0 Å². The minimum Gasteiger partial charge on any atom is -0.489 e. The van der Waals surface area contributed by atoms with Crippen molar-refractivity contribution in [2.75, 3.05) is 6.61 Å². The molecule has 0 saturated carbocycles. The van der Waals surface area contributed by atoms with E-state index in [9.17, 15) is 8.78 Å². The number of nitrogens with one attached hydrogen (secondary N) is 1. The van der Waals surface area contributed by atoms with Crippen LogP contribution in [-0.2, 0) is 0 Å². The number of nitrogens with two attached hydrogens (primary N) is 1. The number of aromatic amines is 1. The lowest BCUT2D eigenvalue weighted by Crippen LogP contribution is -2.38. The summed E-state index contributed by atoms with van der Waals surface area (Å²) in [6.45, 7) is 3.57. The second-order valence-electron chi connectivity index (χ2n) is 6.14. The molecule has 2 aromatic heterocycles. The standard InChI is InChI=1S/C17H17F2N3O/c1-17(2,20)9-23-15-7-13(18)11(6-14(15)19)12-8-22-16-10(12)4-3-5-21-16/h3-8H,9,20H2,1-2H3,(H,21,22). The molecule has 0 aliphatic rings. The van der Waals surface area contributed by atoms with Gasteiger partial charge in [0.2, 0.25) is 0 Å². The van der Waals surface area contributed by atoms with Gasteiger partial charge in [-0.25, -0.2) is 13.8 Å². The zero-order valence-electron chi connectivity index (χ0n) is 12.9. The van der Waals surface area contributed by atoms with E-state index in [1.807, 2.05) is 0 Å². The van der Waals surface area contributed by atoms with Crippen molar-refractivity contribution in [3.8, 4) is 16.9 Å². The van der Waals surface area contributed by atoms with Gasteiger partial charge in [-0.3, -0.25) is 0 Å². The lowest BCUT2D eigenvalue weighted by molar-refractivity contribution is 0.233. The molecule has 0 spiro atoms. The van der Waals surface area contributed by atoms with Crippen LogP contribution < -0.4 is 10.5 Å². The number of hydrogen-bond donors (Lipinski definition) is 2. The quantitative estimate of drug-likeness (QED) is 0.772. The Bertz CT molecular complexity index is 853. The molecular weight excluding hydrogens is 300 g/mol. The number of fused-ring (bicyclic) bond motifs is 1. The van der Waals surface area contributed by atoms with Crippen molar-refractivity contribution in [2.45, 2.75) is 19.4 Å². The summed E-state index contributed by atoms with van der Waals surface area (Å²) in [4.78, 5) is 7.09. The summed E-state index contributed by atoms with van der Waals surface area (Å²) in [6.07, 6.45) is 3.24. The minimum atomic E-state index is -0.635. The Labute approximate surface area is 132 Å². The second kappa shape index (κ2) is 5.62. The van der Waals surface area contributed by atoms with Crippen LogP contribution in [0.5, 0.6) is 5.75 Å². The first-order valence-electron chi connectivity index (χ1n) is 7.18. The van der Waals surface area contributed by atoms with Crippen molar-refractivity contribution in [2.24, 2.45) is 5.73 Å². The second-order valence-corrected chi connectivity index (χ2v) is 6.14. The monoisotopic (exact) mass is 317 g/mol. The number of nitrogens with zero attached hydrogens (tertiary/aromatic N) is 1. The van der Waals surface area contributed by atoms with Gasteiger partial charge in [0, 0.05) is 40.5 Å². The number of ether oxygens (including phenoxy) is 1. The van der Waals surface area contributed by atoms with Crippen LogP contribution in [-0.4, -0.2) is 22.1 Å². The Morgan fingerprint density at radius 2 is 2.00 bits per heavy atom. The van der Waals surface area contributed by atoms with E-state index in [1.54, 1.807) is 38.4 Å². The van der Waals surface area contributed by atoms with Gasteiger partial charge in [0.1, 0.15) is 18.1 Å². The molecule has 0 aliphatic heterocycles. The van der Waals surface area contributed by atoms with Gasteiger partial charge in [-0.1, -0.05) is 0 Å². The molecule has 3 rings (SSSR count). The largest absolute Gasteiger partial charge is 0.489 e. The Hall–Kier alpha value is -2.47. The molecule has 3 N–H and O–H groups in total. The molecule has 0 saturated heterocycles. The SMILES string of the molecule is CC(C)(N)COc1cc(F)c(-c2c[nH]c3ncccc23)cc1F. The number of hydrogen-bond acceptors (Lipinski definition) is 3. The van der Waals surface area contributed by atoms with Crippen LogP contribution in [0.2, 0.25) is 0 Å². The van der Waals surface area contributed by atoms with Gasteiger partial charge in [0.05, 0.1) is 0 Å². The van der Waals surface area contributed by atoms with Crippen LogP contribution in [0.1, 0.15) is 13.8 Å². The number of halogens is 2. The summed E-state index contributed by atoms with van der Waals surface area (Å²) in [7, 11) is 0. The molecule has 23 heavy (non-hydrogen) atoms. The van der Waals surface area contributed by atoms with E-state index in [0.717, 1.165) is 17.5 Å². The molecule has 4 nitrogen and oxygen atoms in total. The average Bonchev–Trinajstić information content (AvgIpc) is 2.91. The molecule has 0 amide bonds. The van der Waals surface area contributed by atoms with Crippen LogP contribution in [0.3, 0.4) is 0 Å². The van der Waals surface area contributed by atoms with Crippen molar-refractivity contribution in [1.82, 2.24) is 9.97 Å². The number of benzene rings is 1. The zero-order chi connectivity index (χ0) is 16.6. The van der Waals surface area contributed by atoms with E-state index in [0.29, 0.717) is 11.2 Å². The number of rotatable bonds is 4. The molecule has 3 aromatic rings. The summed E-state index contributed by atoms with van der Waals surface area (Å²) in [6, 6.07) is 5.72. The highest BCUT2D eigenvalue weighted by Crippen LogP contribution is 2.33. The number of aromatic nitrogens is 2. The molecule has 2 heterocycles. The summed E-state index contributed by atoms with van der Waals surface area (Å²) in [5, 5.41) is 0.725. The van der Waals surface area contributed by atoms with E-state index < -0.39 is 17.2 Å². The van der Waals surface area contributed by atoms with Gasteiger partial charge in [0.15, 0.2) is 11.6 Å². The van der Waals surface area contributed by atoms with Gasteiger partial charge >= 0.3 is 0 Å². The molecular formula is C17H17F2N3O. The number of pyridine rings is 1. The maximum absolute atomic E-state index is 14.4. The van der Waals surface area contributed by atoms with Crippen LogP contribution in [0.15, 0.2) is 36.7 Å². The summed E-state index contributed by atoms with van der Waals surface area (Å²) in [5.74, 6) is -1.35. The number of H-pyrrole nitrogens is 1. The van der Waals surface area contributed by atoms with E-state index >= 15 is 0 Å². The highest BCUT2D eigenvalue weighted by molar-refractivity contribution is 5.93. The normalized spacial score (nSPS) is 11.9. The first kappa shape index (κ1) is 15.4. The molecule has 120 valence electrons. The van der Waals surface area contributed by atoms with Crippen molar-refractivity contribution in [3.63, 3.8) is 0 Å². The molecule has 6 heteroatoms. The van der Waals surface area contributed by atoms with Crippen molar-refractivity contribution in [1.29, 1.82) is 0 Å². The van der Waals surface area contributed by atoms with Crippen molar-refractivity contribution < 1.29 is 13.5 Å². The molecule has 0 unspecified atom stereocenters. The predicted octanol–water partition coefficient (Wildman–Crippen LogP) is 3.62. The third-order valence-corrected chi connectivity index (χ3v) is 3.36. The maximum atomic E-state index is 14.4. The van der Waals surface area contributed by atoms with Crippen LogP contribution >= 0.6 is 0 Å². The van der Waals surface area contributed by atoms with Crippen LogP contribution in [0.25, 0.3) is 22.2 Å². The fourth-order valence-electron chi connectivity index (χ4n) is 2.29. The van der Waals surface area contributed by atoms with Crippen LogP contribution in [0.4, 0.5) is 8.78 Å². The molecule has 0 bridgehead atoms. The maximum Gasteiger partial charge on any atom is 0.165 e. The average molecular weight is 317 g/mol. The van der Waals surface area contributed by atoms with Crippen LogP contribution in [0, 0.1) is 11.6 Å². The predicted molar refractivity (Wildman–Crippen MR) is 85.2 cm³/mol. The molecule has 1 aromatic carbocycles. The van der Waals surface area contributed by atoms with Gasteiger partial charge in [-0.05, 0) is 32.0 Å². The molecule has 0 fully saturated rings. The highest BCUT2D eigenvalue weighted by Gasteiger charge is 2.18. The Balaban J connectivity index is 2.00. The topological polar surface area (TPSA) is 63.9 Å². The molecule has 0 atom stereocenters. The Kier molecular flexibility index (Phi) is 3.77.